The van der Waals surface area contributed by atoms with Crippen molar-refractivity contribution in [2.45, 2.75) is 20.8 Å². The zero-order chi connectivity index (χ0) is 5.21. The van der Waals surface area contributed by atoms with Crippen molar-refractivity contribution in [3.05, 3.63) is 0 Å². The summed E-state index contributed by atoms with van der Waals surface area (Å²) < 4.78 is 2.24. The third-order valence-electron chi connectivity index (χ3n) is 0.387. The predicted molar refractivity (Wildman–Crippen MR) is 25.5 cm³/mol. The summed E-state index contributed by atoms with van der Waals surface area (Å²) in [5.41, 5.74) is 0.439. The van der Waals surface area contributed by atoms with E-state index in [1.165, 1.54) is 0 Å². The molecule has 0 aliphatic carbocycles. The minimum absolute atomic E-state index is 0.439. The van der Waals surface area contributed by atoms with Crippen molar-refractivity contribution < 1.29 is 20.6 Å². The second-order valence-electron chi connectivity index (χ2n) is 2.50. The van der Waals surface area contributed by atoms with Crippen molar-refractivity contribution in [2.75, 3.05) is 0 Å². The molecule has 0 aromatic carbocycles. The normalized spacial score (nSPS) is 11.0. The van der Waals surface area contributed by atoms with Gasteiger partial charge in [-0.3, -0.25) is 0 Å². The van der Waals surface area contributed by atoms with Gasteiger partial charge in [0.05, 0.1) is 0 Å². The molecule has 0 aliphatic heterocycles. The van der Waals surface area contributed by atoms with Gasteiger partial charge in [0.2, 0.25) is 0 Å². The van der Waals surface area contributed by atoms with Crippen LogP contribution in [0.3, 0.4) is 0 Å². The van der Waals surface area contributed by atoms with Crippen LogP contribution in [0.5, 0.6) is 0 Å². The van der Waals surface area contributed by atoms with Crippen LogP contribution in [-0.4, -0.2) is 4.23 Å². The monoisotopic (exact) mass is 163 g/mol. The molecule has 0 heterocycles. The van der Waals surface area contributed by atoms with Crippen LogP contribution in [0, 0.1) is 5.41 Å². The van der Waals surface area contributed by atoms with Gasteiger partial charge in [0.15, 0.2) is 0 Å². The Bertz CT molecular complexity index is 49.4. The van der Waals surface area contributed by atoms with E-state index in [1.54, 1.807) is 20.6 Å². The average molecular weight is 163 g/mol. The summed E-state index contributed by atoms with van der Waals surface area (Å²) in [6, 6.07) is 0. The first-order chi connectivity index (χ1) is 2.56. The van der Waals surface area contributed by atoms with Crippen LogP contribution in [0.15, 0.2) is 0 Å². The Hall–Kier alpha value is 0.610. The Morgan fingerprint density at radius 3 is 1.50 bits per heavy atom. The van der Waals surface area contributed by atoms with Gasteiger partial charge < -0.3 is 0 Å². The standard InChI is InChI=1S/C5H10.Nb/c1-5(2,3)4;/h1H,2-4H3;. The van der Waals surface area contributed by atoms with Crippen molar-refractivity contribution in [1.29, 1.82) is 0 Å². The molecule has 0 spiro atoms. The van der Waals surface area contributed by atoms with Crippen LogP contribution in [0.25, 0.3) is 0 Å². The molecule has 0 fully saturated rings. The minimum atomic E-state index is 0.439. The van der Waals surface area contributed by atoms with Gasteiger partial charge in [0, 0.05) is 0 Å². The van der Waals surface area contributed by atoms with Gasteiger partial charge in [-0.1, -0.05) is 0 Å². The summed E-state index contributed by atoms with van der Waals surface area (Å²) >= 11 is 1.77. The van der Waals surface area contributed by atoms with Crippen molar-refractivity contribution in [3.63, 3.8) is 0 Å². The molecular weight excluding hydrogens is 153 g/mol. The molecule has 1 heteroatoms. The molecule has 0 aliphatic rings. The first-order valence-electron chi connectivity index (χ1n) is 2.05. The fraction of sp³-hybridized carbons (Fsp3) is 0.800. The summed E-state index contributed by atoms with van der Waals surface area (Å²) in [6.07, 6.45) is 0. The Balaban J connectivity index is 3.45. The second kappa shape index (κ2) is 2.06. The van der Waals surface area contributed by atoms with E-state index in [0.717, 1.165) is 0 Å². The van der Waals surface area contributed by atoms with Crippen molar-refractivity contribution >= 4 is 4.23 Å². The molecule has 0 radical (unpaired) electrons. The van der Waals surface area contributed by atoms with Gasteiger partial charge >= 0.3 is 51.0 Å². The average Bonchev–Trinajstić information content (AvgIpc) is 1.35. The Morgan fingerprint density at radius 2 is 1.50 bits per heavy atom. The zero-order valence-electron chi connectivity index (χ0n) is 4.52. The summed E-state index contributed by atoms with van der Waals surface area (Å²) in [5.74, 6) is 0. The van der Waals surface area contributed by atoms with Crippen molar-refractivity contribution in [3.8, 4) is 0 Å². The van der Waals surface area contributed by atoms with Gasteiger partial charge in [-0.15, -0.1) is 0 Å². The first kappa shape index (κ1) is 6.61. The van der Waals surface area contributed by atoms with Gasteiger partial charge in [0.25, 0.3) is 0 Å². The molecule has 0 aromatic rings. The molecule has 0 unspecified atom stereocenters. The van der Waals surface area contributed by atoms with Crippen LogP contribution >= 0.6 is 0 Å². The van der Waals surface area contributed by atoms with Gasteiger partial charge in [-0.2, -0.15) is 0 Å². The van der Waals surface area contributed by atoms with E-state index in [-0.39, 0.29) is 0 Å². The van der Waals surface area contributed by atoms with E-state index in [2.05, 4.69) is 25.0 Å². The number of rotatable bonds is 0. The number of hydrogen-bond donors (Lipinski definition) is 0. The zero-order valence-corrected chi connectivity index (χ0v) is 6.72. The molecule has 0 aromatic heterocycles. The van der Waals surface area contributed by atoms with E-state index in [9.17, 15) is 0 Å². The van der Waals surface area contributed by atoms with Crippen molar-refractivity contribution in [1.82, 2.24) is 0 Å². The molecule has 0 N–H and O–H groups in total. The molecule has 0 atom stereocenters. The number of hydrogen-bond acceptors (Lipinski definition) is 0. The van der Waals surface area contributed by atoms with Crippen LogP contribution in [-0.2, 0) is 20.6 Å². The summed E-state index contributed by atoms with van der Waals surface area (Å²) in [6.45, 7) is 6.60. The molecule has 0 amide bonds. The molecule has 0 saturated carbocycles. The maximum atomic E-state index is 2.24. The predicted octanol–water partition coefficient (Wildman–Crippen LogP) is 1.38. The van der Waals surface area contributed by atoms with Crippen LogP contribution < -0.4 is 0 Å². The maximum absolute atomic E-state index is 2.24. The van der Waals surface area contributed by atoms with Crippen LogP contribution in [0.1, 0.15) is 20.8 Å². The Labute approximate surface area is 51.4 Å². The van der Waals surface area contributed by atoms with E-state index in [0.29, 0.717) is 5.41 Å². The van der Waals surface area contributed by atoms with E-state index in [1.807, 2.05) is 0 Å². The molecule has 6 heavy (non-hydrogen) atoms. The second-order valence-corrected chi connectivity index (χ2v) is 3.13. The van der Waals surface area contributed by atoms with E-state index in [4.69, 9.17) is 0 Å². The quantitative estimate of drug-likeness (QED) is 0.473. The summed E-state index contributed by atoms with van der Waals surface area (Å²) in [5, 5.41) is 0. The molecule has 35 valence electrons. The van der Waals surface area contributed by atoms with Crippen LogP contribution in [0.2, 0.25) is 0 Å². The molecule has 0 rings (SSSR count). The van der Waals surface area contributed by atoms with Gasteiger partial charge in [-0.05, 0) is 0 Å². The third kappa shape index (κ3) is 4.61. The summed E-state index contributed by atoms with van der Waals surface area (Å²) in [4.78, 5) is 0. The summed E-state index contributed by atoms with van der Waals surface area (Å²) in [7, 11) is 0. The SMILES string of the molecule is CC(C)(C)[CH]=[Nb]. The fourth-order valence-electron chi connectivity index (χ4n) is 0. The van der Waals surface area contributed by atoms with E-state index >= 15 is 0 Å². The molecule has 0 nitrogen and oxygen atoms in total. The van der Waals surface area contributed by atoms with Crippen molar-refractivity contribution in [2.24, 2.45) is 5.41 Å². The molecule has 0 bridgehead atoms. The van der Waals surface area contributed by atoms with Gasteiger partial charge in [0.1, 0.15) is 0 Å². The Morgan fingerprint density at radius 1 is 1.33 bits per heavy atom. The molecular formula is C5H10Nb. The Kier molecular flexibility index (Phi) is 2.27. The first-order valence-corrected chi connectivity index (χ1v) is 3.32. The van der Waals surface area contributed by atoms with E-state index < -0.39 is 0 Å². The topological polar surface area (TPSA) is 0 Å². The fourth-order valence-corrected chi connectivity index (χ4v) is 0. The molecule has 0 saturated heterocycles. The van der Waals surface area contributed by atoms with Crippen LogP contribution in [0.4, 0.5) is 0 Å². The van der Waals surface area contributed by atoms with Gasteiger partial charge in [-0.25, -0.2) is 0 Å². The third-order valence-corrected chi connectivity index (χ3v) is 2.29.